The SMILES string of the molecule is CC1(C)C2=C(C3=C1CC(N(C1=CC=C(C4=CC5=Cc6cc7oc(-c8ccc(N(c9ccc(-c%10cc%11ccccc%11o%10)cc9)c9ccc%10c(c9)C(C)(C)c9ccc%11ccccc%11c9-%10)cc8)cc7cc6CC5O4)CC1)c1ccc(-c4cc5c(o4)C=CCC5)cc1)C=C3)C1CCC=CC1C=C2. The maximum Gasteiger partial charge on any atom is 0.135 e. The topological polar surface area (TPSA) is 55.1 Å². The van der Waals surface area contributed by atoms with Crippen LogP contribution in [0.25, 0.3) is 90.0 Å². The van der Waals surface area contributed by atoms with Crippen molar-refractivity contribution in [2.75, 3.05) is 9.80 Å². The summed E-state index contributed by atoms with van der Waals surface area (Å²) in [6, 6.07) is 66.7. The molecule has 4 atom stereocenters. The lowest BCUT2D eigenvalue weighted by Crippen LogP contribution is -2.36. The Labute approximate surface area is 572 Å². The smallest absolute Gasteiger partial charge is 0.135 e. The van der Waals surface area contributed by atoms with Gasteiger partial charge >= 0.3 is 0 Å². The van der Waals surface area contributed by atoms with Gasteiger partial charge in [0.05, 0.1) is 6.04 Å². The molecule has 0 N–H and O–H groups in total. The quantitative estimate of drug-likeness (QED) is 0.127. The molecular weight excluding hydrogens is 1200 g/mol. The maximum atomic E-state index is 6.98. The van der Waals surface area contributed by atoms with E-state index in [4.69, 9.17) is 18.0 Å². The molecule has 8 aliphatic carbocycles. The summed E-state index contributed by atoms with van der Waals surface area (Å²) in [5.41, 5.74) is 28.2. The first-order valence-electron chi connectivity index (χ1n) is 35.4. The summed E-state index contributed by atoms with van der Waals surface area (Å²) in [5.74, 6) is 5.68. The van der Waals surface area contributed by atoms with Crippen LogP contribution in [0.4, 0.5) is 22.7 Å². The second kappa shape index (κ2) is 21.8. The number of aryl methyl sites for hydroxylation is 1. The van der Waals surface area contributed by atoms with Crippen LogP contribution >= 0.6 is 0 Å². The van der Waals surface area contributed by atoms with Crippen molar-refractivity contribution in [3.05, 3.63) is 321 Å². The van der Waals surface area contributed by atoms with Crippen molar-refractivity contribution < 1.29 is 18.0 Å². The van der Waals surface area contributed by atoms with Crippen LogP contribution in [-0.4, -0.2) is 12.1 Å². The molecule has 476 valence electrons. The van der Waals surface area contributed by atoms with E-state index in [1.165, 1.54) is 89.8 Å². The zero-order valence-electron chi connectivity index (χ0n) is 55.7. The van der Waals surface area contributed by atoms with E-state index >= 15 is 0 Å². The molecule has 3 aromatic heterocycles. The lowest BCUT2D eigenvalue weighted by atomic mass is 9.71. The first-order valence-corrected chi connectivity index (χ1v) is 35.4. The Bertz CT molecular complexity index is 5520. The highest BCUT2D eigenvalue weighted by Crippen LogP contribution is 2.59. The predicted molar refractivity (Wildman–Crippen MR) is 400 cm³/mol. The molecule has 4 unspecified atom stereocenters. The van der Waals surface area contributed by atoms with Gasteiger partial charge in [-0.3, -0.25) is 0 Å². The fourth-order valence-electron chi connectivity index (χ4n) is 18.1. The van der Waals surface area contributed by atoms with E-state index in [0.29, 0.717) is 11.8 Å². The van der Waals surface area contributed by atoms with Crippen molar-refractivity contribution in [2.24, 2.45) is 17.3 Å². The van der Waals surface area contributed by atoms with Crippen molar-refractivity contribution >= 4 is 67.6 Å². The third kappa shape index (κ3) is 9.13. The van der Waals surface area contributed by atoms with Crippen LogP contribution in [0.3, 0.4) is 0 Å². The molecule has 20 rings (SSSR count). The zero-order valence-corrected chi connectivity index (χ0v) is 55.7. The molecular formula is C92H74N2O4. The lowest BCUT2D eigenvalue weighted by Gasteiger charge is -2.39. The number of benzene rings is 8. The van der Waals surface area contributed by atoms with Crippen LogP contribution in [0.2, 0.25) is 0 Å². The molecule has 4 heterocycles. The normalized spacial score (nSPS) is 21.0. The Balaban J connectivity index is 0.583. The summed E-state index contributed by atoms with van der Waals surface area (Å²) >= 11 is 0. The van der Waals surface area contributed by atoms with Gasteiger partial charge in [0.25, 0.3) is 0 Å². The maximum absolute atomic E-state index is 6.98. The second-order valence-electron chi connectivity index (χ2n) is 29.5. The highest BCUT2D eigenvalue weighted by atomic mass is 16.5. The van der Waals surface area contributed by atoms with E-state index in [2.05, 4.69) is 280 Å². The Morgan fingerprint density at radius 3 is 2.02 bits per heavy atom. The number of hydrogen-bond acceptors (Lipinski definition) is 6. The standard InChI is InChI=1S/C92H74N2O4/c1-91(2)77-43-29-55-13-5-9-17-73(55)89(77)75-41-39-71(53-79(75)91)93(67-31-21-57(22-32-67)83-47-61-15-7-11-19-81(61)95-83)69-35-25-59(26-36-69)85-51-65-45-63-50-88-66(46-64(63)49-87(65)97-85)52-86(98-88)60-27-37-70(38-28-60)94(68-33-23-58(24-34-68)84-48-62-16-8-12-20-82(62)96-84)72-40-42-76-80(54-72)92(3,4)78-44-30-56-14-6-10-18-74(56)90(76)78/h5-7,9,11-15,17,19-27,29-37,39-49,51-53,56,72,74,88H,8,10,16,18,28,38,50,54H2,1-4H3. The number of rotatable bonds is 10. The number of nitrogens with zero attached hydrogens (tertiary/aromatic N) is 2. The van der Waals surface area contributed by atoms with E-state index in [9.17, 15) is 0 Å². The largest absolute Gasteiger partial charge is 0.485 e. The monoisotopic (exact) mass is 1270 g/mol. The van der Waals surface area contributed by atoms with E-state index in [-0.39, 0.29) is 23.0 Å². The van der Waals surface area contributed by atoms with E-state index in [1.807, 2.05) is 12.1 Å². The van der Waals surface area contributed by atoms with Crippen molar-refractivity contribution in [1.29, 1.82) is 0 Å². The van der Waals surface area contributed by atoms with Crippen LogP contribution < -0.4 is 9.80 Å². The molecule has 0 fully saturated rings. The van der Waals surface area contributed by atoms with Gasteiger partial charge in [-0.2, -0.15) is 0 Å². The van der Waals surface area contributed by atoms with Gasteiger partial charge in [0.15, 0.2) is 0 Å². The van der Waals surface area contributed by atoms with E-state index < -0.39 is 0 Å². The van der Waals surface area contributed by atoms with Crippen LogP contribution in [0.5, 0.6) is 0 Å². The summed E-state index contributed by atoms with van der Waals surface area (Å²) in [5, 5.41) is 4.75. The molecule has 0 radical (unpaired) electrons. The summed E-state index contributed by atoms with van der Waals surface area (Å²) in [4.78, 5) is 5.02. The van der Waals surface area contributed by atoms with E-state index in [1.54, 1.807) is 11.1 Å². The fraction of sp³-hybridized carbons (Fsp3) is 0.196. The van der Waals surface area contributed by atoms with Gasteiger partial charge in [0.2, 0.25) is 0 Å². The minimum absolute atomic E-state index is 0.0299. The first-order chi connectivity index (χ1) is 48.0. The summed E-state index contributed by atoms with van der Waals surface area (Å²) in [7, 11) is 0. The Hall–Kier alpha value is -10.8. The van der Waals surface area contributed by atoms with Crippen molar-refractivity contribution in [3.63, 3.8) is 0 Å². The summed E-state index contributed by atoms with van der Waals surface area (Å²) < 4.78 is 26.5. The molecule has 0 spiro atoms. The number of para-hydroxylation sites is 1. The van der Waals surface area contributed by atoms with Gasteiger partial charge in [-0.05, 0) is 274 Å². The zero-order chi connectivity index (χ0) is 65.1. The average molecular weight is 1270 g/mol. The molecule has 0 amide bonds. The van der Waals surface area contributed by atoms with Gasteiger partial charge in [-0.1, -0.05) is 143 Å². The molecule has 11 aromatic rings. The third-order valence-corrected chi connectivity index (χ3v) is 23.3. The molecule has 0 bridgehead atoms. The molecule has 8 aromatic carbocycles. The van der Waals surface area contributed by atoms with E-state index in [0.717, 1.165) is 129 Å². The predicted octanol–water partition coefficient (Wildman–Crippen LogP) is 24.1. The molecule has 1 aliphatic heterocycles. The van der Waals surface area contributed by atoms with Gasteiger partial charge in [-0.25, -0.2) is 0 Å². The number of fused-ring (bicyclic) bond motifs is 13. The van der Waals surface area contributed by atoms with Crippen molar-refractivity contribution in [3.8, 4) is 45.1 Å². The fourth-order valence-corrected chi connectivity index (χ4v) is 18.1. The van der Waals surface area contributed by atoms with Crippen molar-refractivity contribution in [1.82, 2.24) is 0 Å². The van der Waals surface area contributed by atoms with Crippen LogP contribution in [-0.2, 0) is 23.0 Å². The molecule has 6 nitrogen and oxygen atoms in total. The number of anilines is 4. The Kier molecular flexibility index (Phi) is 12.8. The lowest BCUT2D eigenvalue weighted by molar-refractivity contribution is 0.171. The number of ether oxygens (including phenoxy) is 1. The summed E-state index contributed by atoms with van der Waals surface area (Å²) in [6.07, 6.45) is 36.5. The molecule has 98 heavy (non-hydrogen) atoms. The third-order valence-electron chi connectivity index (χ3n) is 23.3. The van der Waals surface area contributed by atoms with Gasteiger partial charge in [-0.15, -0.1) is 0 Å². The highest BCUT2D eigenvalue weighted by Gasteiger charge is 2.46. The van der Waals surface area contributed by atoms with Gasteiger partial charge < -0.3 is 27.8 Å². The summed E-state index contributed by atoms with van der Waals surface area (Å²) in [6.45, 7) is 9.68. The highest BCUT2D eigenvalue weighted by molar-refractivity contribution is 6.03. The van der Waals surface area contributed by atoms with Gasteiger partial charge in [0.1, 0.15) is 46.1 Å². The Morgan fingerprint density at radius 2 is 1.24 bits per heavy atom. The Morgan fingerprint density at radius 1 is 0.510 bits per heavy atom. The van der Waals surface area contributed by atoms with Crippen molar-refractivity contribution in [2.45, 2.75) is 96.6 Å². The first kappa shape index (κ1) is 57.4. The average Bonchev–Trinajstić information content (AvgIpc) is 1.57. The van der Waals surface area contributed by atoms with Crippen LogP contribution in [0.1, 0.15) is 99.8 Å². The molecule has 0 saturated heterocycles. The number of hydrogen-bond donors (Lipinski definition) is 0. The van der Waals surface area contributed by atoms with Gasteiger partial charge in [0, 0.05) is 79.1 Å². The molecule has 6 heteroatoms. The minimum atomic E-state index is -0.193. The minimum Gasteiger partial charge on any atom is -0.485 e. The van der Waals surface area contributed by atoms with Crippen LogP contribution in [0.15, 0.2) is 301 Å². The van der Waals surface area contributed by atoms with Crippen LogP contribution in [0, 0.1) is 17.3 Å². The second-order valence-corrected chi connectivity index (χ2v) is 29.5. The molecule has 0 saturated carbocycles. The number of furan rings is 3. The number of allylic oxidation sites excluding steroid dienone is 13. The molecule has 9 aliphatic rings.